The molecule has 2 aromatic rings. The van der Waals surface area contributed by atoms with Crippen molar-refractivity contribution in [2.75, 3.05) is 32.5 Å². The van der Waals surface area contributed by atoms with Crippen LogP contribution in [0.25, 0.3) is 0 Å². The number of hydrogen-bond donors (Lipinski definition) is 1. The molecule has 1 N–H and O–H groups in total. The minimum absolute atomic E-state index is 0.0178. The average molecular weight is 361 g/mol. The molecule has 0 aliphatic carbocycles. The van der Waals surface area contributed by atoms with Crippen molar-refractivity contribution in [1.29, 1.82) is 0 Å². The molecule has 138 valence electrons. The lowest BCUT2D eigenvalue weighted by Crippen LogP contribution is -2.39. The van der Waals surface area contributed by atoms with E-state index in [1.54, 1.807) is 37.2 Å². The molecular weight excluding hydrogens is 340 g/mol. The lowest BCUT2D eigenvalue weighted by molar-refractivity contribution is -0.131. The Morgan fingerprint density at radius 2 is 1.62 bits per heavy atom. The smallest absolute Gasteiger partial charge is 0.238 e. The molecule has 0 unspecified atom stereocenters. The molecule has 2 amide bonds. The van der Waals surface area contributed by atoms with Gasteiger partial charge < -0.3 is 10.2 Å². The molecule has 2 aromatic carbocycles. The molecule has 0 fully saturated rings. The van der Waals surface area contributed by atoms with Gasteiger partial charge in [0.1, 0.15) is 11.6 Å². The number of nitrogens with one attached hydrogen (secondary N) is 1. The number of hydrogen-bond acceptors (Lipinski definition) is 3. The number of halogens is 2. The van der Waals surface area contributed by atoms with Crippen molar-refractivity contribution in [3.05, 3.63) is 65.7 Å². The predicted molar refractivity (Wildman–Crippen MR) is 95.4 cm³/mol. The summed E-state index contributed by atoms with van der Waals surface area (Å²) in [6, 6.07) is 11.6. The van der Waals surface area contributed by atoms with Gasteiger partial charge in [-0.1, -0.05) is 18.2 Å². The van der Waals surface area contributed by atoms with Crippen molar-refractivity contribution >= 4 is 17.5 Å². The van der Waals surface area contributed by atoms with Crippen molar-refractivity contribution in [3.8, 4) is 0 Å². The molecule has 0 atom stereocenters. The van der Waals surface area contributed by atoms with E-state index in [1.165, 1.54) is 35.2 Å². The van der Waals surface area contributed by atoms with Gasteiger partial charge in [-0.2, -0.15) is 0 Å². The van der Waals surface area contributed by atoms with Crippen molar-refractivity contribution in [2.45, 2.75) is 6.54 Å². The van der Waals surface area contributed by atoms with Gasteiger partial charge in [0.15, 0.2) is 0 Å². The number of anilines is 1. The predicted octanol–water partition coefficient (Wildman–Crippen LogP) is 2.49. The van der Waals surface area contributed by atoms with E-state index in [9.17, 15) is 18.4 Å². The summed E-state index contributed by atoms with van der Waals surface area (Å²) < 4.78 is 26.3. The number of carbonyl (C=O) groups excluding carboxylic acids is 2. The largest absolute Gasteiger partial charge is 0.340 e. The van der Waals surface area contributed by atoms with Crippen LogP contribution < -0.4 is 5.32 Å². The zero-order valence-electron chi connectivity index (χ0n) is 14.7. The standard InChI is InChI=1S/C19H21F2N3O2/c1-23(12-18(25)22-17-8-4-7-16(21)10-17)13-19(26)24(2)11-14-5-3-6-15(20)9-14/h3-10H,11-13H2,1-2H3,(H,22,25). The van der Waals surface area contributed by atoms with Gasteiger partial charge >= 0.3 is 0 Å². The lowest BCUT2D eigenvalue weighted by atomic mass is 10.2. The number of amides is 2. The van der Waals surface area contributed by atoms with Crippen LogP contribution in [0, 0.1) is 11.6 Å². The highest BCUT2D eigenvalue weighted by Crippen LogP contribution is 2.09. The molecule has 0 saturated carbocycles. The summed E-state index contributed by atoms with van der Waals surface area (Å²) in [4.78, 5) is 27.2. The Morgan fingerprint density at radius 3 is 2.27 bits per heavy atom. The van der Waals surface area contributed by atoms with E-state index < -0.39 is 5.82 Å². The fourth-order valence-electron chi connectivity index (χ4n) is 2.42. The summed E-state index contributed by atoms with van der Waals surface area (Å²) in [5, 5.41) is 2.58. The maximum Gasteiger partial charge on any atom is 0.238 e. The first-order valence-corrected chi connectivity index (χ1v) is 8.06. The Hall–Kier alpha value is -2.80. The molecule has 0 saturated heterocycles. The van der Waals surface area contributed by atoms with Gasteiger partial charge in [0.05, 0.1) is 13.1 Å². The quantitative estimate of drug-likeness (QED) is 0.824. The molecule has 0 aromatic heterocycles. The molecule has 7 heteroatoms. The molecule has 0 heterocycles. The third-order valence-corrected chi connectivity index (χ3v) is 3.66. The van der Waals surface area contributed by atoms with Gasteiger partial charge in [-0.05, 0) is 42.9 Å². The van der Waals surface area contributed by atoms with E-state index >= 15 is 0 Å². The third kappa shape index (κ3) is 6.25. The van der Waals surface area contributed by atoms with E-state index in [1.807, 2.05) is 0 Å². The van der Waals surface area contributed by atoms with Crippen LogP contribution in [0.4, 0.5) is 14.5 Å². The molecule has 0 spiro atoms. The maximum atomic E-state index is 13.2. The van der Waals surface area contributed by atoms with Crippen molar-refractivity contribution < 1.29 is 18.4 Å². The molecule has 5 nitrogen and oxygen atoms in total. The van der Waals surface area contributed by atoms with Crippen LogP contribution in [0.5, 0.6) is 0 Å². The minimum Gasteiger partial charge on any atom is -0.340 e. The average Bonchev–Trinajstić information content (AvgIpc) is 2.54. The fourth-order valence-corrected chi connectivity index (χ4v) is 2.42. The van der Waals surface area contributed by atoms with Crippen molar-refractivity contribution in [1.82, 2.24) is 9.80 Å². The molecule has 0 radical (unpaired) electrons. The Labute approximate surface area is 151 Å². The minimum atomic E-state index is -0.440. The molecule has 0 bridgehead atoms. The number of rotatable bonds is 7. The van der Waals surface area contributed by atoms with Gasteiger partial charge in [-0.3, -0.25) is 14.5 Å². The Kier molecular flexibility index (Phi) is 6.80. The number of carbonyl (C=O) groups is 2. The Bertz CT molecular complexity index is 783. The van der Waals surface area contributed by atoms with Crippen LogP contribution in [0.15, 0.2) is 48.5 Å². The lowest BCUT2D eigenvalue weighted by Gasteiger charge is -2.21. The summed E-state index contributed by atoms with van der Waals surface area (Å²) in [5.74, 6) is -1.34. The van der Waals surface area contributed by atoms with E-state index in [4.69, 9.17) is 0 Å². The second-order valence-corrected chi connectivity index (χ2v) is 6.11. The summed E-state index contributed by atoms with van der Waals surface area (Å²) in [6.45, 7) is 0.290. The first-order chi connectivity index (χ1) is 12.3. The molecule has 0 aliphatic rings. The van der Waals surface area contributed by atoms with Crippen LogP contribution in [0.3, 0.4) is 0 Å². The highest BCUT2D eigenvalue weighted by molar-refractivity contribution is 5.92. The zero-order chi connectivity index (χ0) is 19.1. The first-order valence-electron chi connectivity index (χ1n) is 8.06. The van der Waals surface area contributed by atoms with E-state index in [0.29, 0.717) is 11.3 Å². The van der Waals surface area contributed by atoms with Crippen LogP contribution in [0.2, 0.25) is 0 Å². The van der Waals surface area contributed by atoms with E-state index in [0.717, 1.165) is 0 Å². The highest BCUT2D eigenvalue weighted by atomic mass is 19.1. The van der Waals surface area contributed by atoms with Gasteiger partial charge in [0.25, 0.3) is 0 Å². The fraction of sp³-hybridized carbons (Fsp3) is 0.263. The number of likely N-dealkylation sites (N-methyl/N-ethyl adjacent to an activating group) is 2. The maximum absolute atomic E-state index is 13.2. The molecule has 2 rings (SSSR count). The Balaban J connectivity index is 1.81. The van der Waals surface area contributed by atoms with Gasteiger partial charge in [-0.15, -0.1) is 0 Å². The molecule has 0 aliphatic heterocycles. The van der Waals surface area contributed by atoms with Crippen LogP contribution >= 0.6 is 0 Å². The monoisotopic (exact) mass is 361 g/mol. The van der Waals surface area contributed by atoms with Crippen LogP contribution in [-0.2, 0) is 16.1 Å². The second kappa shape index (κ2) is 9.05. The molecule has 26 heavy (non-hydrogen) atoms. The van der Waals surface area contributed by atoms with Crippen molar-refractivity contribution in [3.63, 3.8) is 0 Å². The SMILES string of the molecule is CN(CC(=O)Nc1cccc(F)c1)CC(=O)N(C)Cc1cccc(F)c1. The number of nitrogens with zero attached hydrogens (tertiary/aromatic N) is 2. The van der Waals surface area contributed by atoms with Crippen molar-refractivity contribution in [2.24, 2.45) is 0 Å². The Morgan fingerprint density at radius 1 is 0.962 bits per heavy atom. The second-order valence-electron chi connectivity index (χ2n) is 6.11. The highest BCUT2D eigenvalue weighted by Gasteiger charge is 2.15. The van der Waals surface area contributed by atoms with Crippen LogP contribution in [-0.4, -0.2) is 48.8 Å². The summed E-state index contributed by atoms with van der Waals surface area (Å²) in [5.41, 5.74) is 1.05. The summed E-state index contributed by atoms with van der Waals surface area (Å²) in [6.07, 6.45) is 0. The molecular formula is C19H21F2N3O2. The topological polar surface area (TPSA) is 52.7 Å². The van der Waals surface area contributed by atoms with Gasteiger partial charge in [-0.25, -0.2) is 8.78 Å². The normalized spacial score (nSPS) is 10.7. The van der Waals surface area contributed by atoms with Gasteiger partial charge in [0, 0.05) is 19.3 Å². The van der Waals surface area contributed by atoms with Crippen LogP contribution in [0.1, 0.15) is 5.56 Å². The summed E-state index contributed by atoms with van der Waals surface area (Å²) in [7, 11) is 3.26. The van der Waals surface area contributed by atoms with E-state index in [2.05, 4.69) is 5.32 Å². The van der Waals surface area contributed by atoms with E-state index in [-0.39, 0.29) is 37.3 Å². The number of benzene rings is 2. The van der Waals surface area contributed by atoms with Gasteiger partial charge in [0.2, 0.25) is 11.8 Å². The zero-order valence-corrected chi connectivity index (χ0v) is 14.7. The summed E-state index contributed by atoms with van der Waals surface area (Å²) >= 11 is 0. The first kappa shape index (κ1) is 19.5. The third-order valence-electron chi connectivity index (χ3n) is 3.66.